The average molecular weight is 386 g/mol. The van der Waals surface area contributed by atoms with E-state index in [2.05, 4.69) is 22.2 Å². The number of nitrogens with zero attached hydrogens (tertiary/aromatic N) is 3. The molecule has 136 valence electrons. The van der Waals surface area contributed by atoms with Gasteiger partial charge in [0, 0.05) is 22.5 Å². The third-order valence-corrected chi connectivity index (χ3v) is 4.85. The maximum absolute atomic E-state index is 8.87. The predicted octanol–water partition coefficient (Wildman–Crippen LogP) is 6.60. The van der Waals surface area contributed by atoms with Crippen molar-refractivity contribution in [1.82, 2.24) is 9.55 Å². The van der Waals surface area contributed by atoms with E-state index >= 15 is 0 Å². The van der Waals surface area contributed by atoms with E-state index in [1.165, 1.54) is 0 Å². The van der Waals surface area contributed by atoms with Crippen molar-refractivity contribution in [3.63, 3.8) is 0 Å². The van der Waals surface area contributed by atoms with Gasteiger partial charge in [0.15, 0.2) is 0 Å². The first kappa shape index (κ1) is 21.8. The molecule has 3 nitrogen and oxygen atoms in total. The van der Waals surface area contributed by atoms with Crippen LogP contribution in [0.3, 0.4) is 0 Å². The van der Waals surface area contributed by atoms with Crippen molar-refractivity contribution >= 4 is 29.4 Å². The van der Waals surface area contributed by atoms with Crippen molar-refractivity contribution in [2.24, 2.45) is 7.05 Å². The molecule has 2 aromatic rings. The Hall–Kier alpha value is -2.22. The molecule has 0 N–H and O–H groups in total. The molecule has 0 atom stereocenters. The second kappa shape index (κ2) is 11.4. The Morgan fingerprint density at radius 2 is 2.00 bits per heavy atom. The van der Waals surface area contributed by atoms with Gasteiger partial charge in [0.2, 0.25) is 0 Å². The zero-order valence-electron chi connectivity index (χ0n) is 15.7. The third-order valence-electron chi connectivity index (χ3n) is 3.42. The first-order valence-corrected chi connectivity index (χ1v) is 9.60. The number of benzene rings is 1. The highest BCUT2D eigenvalue weighted by atomic mass is 35.5. The number of halogens is 1. The van der Waals surface area contributed by atoms with E-state index in [0.717, 1.165) is 26.5 Å². The van der Waals surface area contributed by atoms with Crippen LogP contribution in [-0.4, -0.2) is 9.55 Å². The minimum atomic E-state index is 0.576. The maximum Gasteiger partial charge on any atom is 0.107 e. The molecule has 0 aliphatic rings. The monoisotopic (exact) mass is 385 g/mol. The maximum atomic E-state index is 8.87. The number of hydrogen-bond acceptors (Lipinski definition) is 3. The summed E-state index contributed by atoms with van der Waals surface area (Å²) >= 11 is 7.59. The van der Waals surface area contributed by atoms with Crippen molar-refractivity contribution < 1.29 is 0 Å². The Morgan fingerprint density at radius 1 is 1.35 bits per heavy atom. The minimum Gasteiger partial charge on any atom is -0.326 e. The van der Waals surface area contributed by atoms with Crippen LogP contribution in [0.5, 0.6) is 0 Å². The molecule has 2 rings (SSSR count). The lowest BCUT2D eigenvalue weighted by molar-refractivity contribution is 0.784. The lowest BCUT2D eigenvalue weighted by atomic mass is 10.2. The smallest absolute Gasteiger partial charge is 0.107 e. The van der Waals surface area contributed by atoms with E-state index in [-0.39, 0.29) is 0 Å². The zero-order valence-corrected chi connectivity index (χ0v) is 17.2. The third kappa shape index (κ3) is 6.25. The highest BCUT2D eigenvalue weighted by Crippen LogP contribution is 2.32. The number of aryl methyl sites for hydroxylation is 1. The number of rotatable bonds is 6. The second-order valence-corrected chi connectivity index (χ2v) is 6.58. The van der Waals surface area contributed by atoms with Gasteiger partial charge in [-0.05, 0) is 43.7 Å². The molecular formula is C21H24ClN3S. The Labute approximate surface area is 165 Å². The number of aromatic nitrogens is 2. The summed E-state index contributed by atoms with van der Waals surface area (Å²) in [6, 6.07) is 9.84. The summed E-state index contributed by atoms with van der Waals surface area (Å²) in [5.74, 6) is 0.950. The molecule has 26 heavy (non-hydrogen) atoms. The van der Waals surface area contributed by atoms with Crippen LogP contribution in [0.2, 0.25) is 5.02 Å². The van der Waals surface area contributed by atoms with E-state index in [1.807, 2.05) is 70.3 Å². The molecule has 1 heterocycles. The first-order valence-electron chi connectivity index (χ1n) is 8.41. The van der Waals surface area contributed by atoms with Gasteiger partial charge in [-0.25, -0.2) is 4.98 Å². The molecule has 1 aromatic heterocycles. The van der Waals surface area contributed by atoms with Crippen molar-refractivity contribution in [2.75, 3.05) is 0 Å². The fourth-order valence-corrected chi connectivity index (χ4v) is 3.12. The molecule has 0 spiro atoms. The fourth-order valence-electron chi connectivity index (χ4n) is 2.01. The van der Waals surface area contributed by atoms with Gasteiger partial charge < -0.3 is 4.57 Å². The number of nitriles is 1. The van der Waals surface area contributed by atoms with Crippen LogP contribution in [-0.2, 0) is 7.05 Å². The highest BCUT2D eigenvalue weighted by molar-refractivity contribution is 7.99. The van der Waals surface area contributed by atoms with Crippen LogP contribution < -0.4 is 0 Å². The lowest BCUT2D eigenvalue weighted by Gasteiger charge is -2.05. The Bertz CT molecular complexity index is 824. The van der Waals surface area contributed by atoms with Gasteiger partial charge >= 0.3 is 0 Å². The summed E-state index contributed by atoms with van der Waals surface area (Å²) in [4.78, 5) is 5.71. The fraction of sp³-hybridized carbons (Fsp3) is 0.238. The Kier molecular flexibility index (Phi) is 9.57. The van der Waals surface area contributed by atoms with Crippen molar-refractivity contribution in [3.05, 3.63) is 71.2 Å². The van der Waals surface area contributed by atoms with Gasteiger partial charge in [-0.2, -0.15) is 5.26 Å². The molecule has 0 aliphatic carbocycles. The van der Waals surface area contributed by atoms with Crippen molar-refractivity contribution in [3.8, 4) is 6.07 Å². The molecule has 0 saturated carbocycles. The minimum absolute atomic E-state index is 0.576. The van der Waals surface area contributed by atoms with Gasteiger partial charge in [0.05, 0.1) is 11.8 Å². The predicted molar refractivity (Wildman–Crippen MR) is 112 cm³/mol. The largest absolute Gasteiger partial charge is 0.326 e. The van der Waals surface area contributed by atoms with Crippen molar-refractivity contribution in [1.29, 1.82) is 5.26 Å². The quantitative estimate of drug-likeness (QED) is 0.415. The van der Waals surface area contributed by atoms with Gasteiger partial charge in [0.1, 0.15) is 10.9 Å². The van der Waals surface area contributed by atoms with E-state index in [4.69, 9.17) is 16.9 Å². The van der Waals surface area contributed by atoms with Gasteiger partial charge in [0.25, 0.3) is 0 Å². The zero-order chi connectivity index (χ0) is 19.5. The average Bonchev–Trinajstić information content (AvgIpc) is 2.93. The standard InChI is InChI=1S/C19H18ClN3S.C2H6/c1-4-15(13-21)7-5-6-8-18-19(23(3)14(2)22-18)24-17-11-9-16(20)10-12-17;1-2/h4,6-12H,1,5H2,2-3H3;1-2H3/b8-6+,15-7?;. The molecule has 0 bridgehead atoms. The number of imidazole rings is 1. The molecule has 0 radical (unpaired) electrons. The molecule has 0 unspecified atom stereocenters. The number of allylic oxidation sites excluding steroid dienone is 4. The molecular weight excluding hydrogens is 362 g/mol. The molecule has 1 aromatic carbocycles. The Balaban J connectivity index is 0.00000163. The van der Waals surface area contributed by atoms with Gasteiger partial charge in [-0.15, -0.1) is 0 Å². The molecule has 0 fully saturated rings. The highest BCUT2D eigenvalue weighted by Gasteiger charge is 2.11. The molecule has 5 heteroatoms. The van der Waals surface area contributed by atoms with Crippen molar-refractivity contribution in [2.45, 2.75) is 37.1 Å². The van der Waals surface area contributed by atoms with Crippen LogP contribution in [0.25, 0.3) is 6.08 Å². The molecule has 0 aliphatic heterocycles. The van der Waals surface area contributed by atoms with Crippen LogP contribution >= 0.6 is 23.4 Å². The molecule has 0 amide bonds. The van der Waals surface area contributed by atoms with Crippen LogP contribution in [0, 0.1) is 18.3 Å². The first-order chi connectivity index (χ1) is 12.5. The SMILES string of the molecule is C=CC(C#N)=CC/C=C/c1nc(C)n(C)c1Sc1ccc(Cl)cc1.CC. The summed E-state index contributed by atoms with van der Waals surface area (Å²) in [7, 11) is 2.00. The summed E-state index contributed by atoms with van der Waals surface area (Å²) in [5, 5.41) is 10.7. The van der Waals surface area contributed by atoms with Gasteiger partial charge in [-0.1, -0.05) is 62.0 Å². The van der Waals surface area contributed by atoms with E-state index in [0.29, 0.717) is 12.0 Å². The summed E-state index contributed by atoms with van der Waals surface area (Å²) < 4.78 is 2.07. The van der Waals surface area contributed by atoms with E-state index in [1.54, 1.807) is 17.8 Å². The summed E-state index contributed by atoms with van der Waals surface area (Å²) in [6.45, 7) is 9.59. The normalized spacial score (nSPS) is 11.0. The second-order valence-electron chi connectivity index (χ2n) is 5.08. The topological polar surface area (TPSA) is 41.6 Å². The lowest BCUT2D eigenvalue weighted by Crippen LogP contribution is -1.93. The Morgan fingerprint density at radius 3 is 2.58 bits per heavy atom. The number of hydrogen-bond donors (Lipinski definition) is 0. The van der Waals surface area contributed by atoms with Crippen LogP contribution in [0.1, 0.15) is 31.8 Å². The summed E-state index contributed by atoms with van der Waals surface area (Å²) in [5.41, 5.74) is 1.49. The summed E-state index contributed by atoms with van der Waals surface area (Å²) in [6.07, 6.45) is 8.04. The van der Waals surface area contributed by atoms with Crippen LogP contribution in [0.4, 0.5) is 0 Å². The van der Waals surface area contributed by atoms with Crippen LogP contribution in [0.15, 0.2) is 64.6 Å². The van der Waals surface area contributed by atoms with Gasteiger partial charge in [-0.3, -0.25) is 0 Å². The van der Waals surface area contributed by atoms with E-state index < -0.39 is 0 Å². The van der Waals surface area contributed by atoms with E-state index in [9.17, 15) is 0 Å². The molecule has 0 saturated heterocycles.